The van der Waals surface area contributed by atoms with Gasteiger partial charge in [-0.3, -0.25) is 9.10 Å². The van der Waals surface area contributed by atoms with Gasteiger partial charge >= 0.3 is 0 Å². The second-order valence-corrected chi connectivity index (χ2v) is 8.98. The third-order valence-electron chi connectivity index (χ3n) is 4.89. The maximum atomic E-state index is 13.4. The lowest BCUT2D eigenvalue weighted by molar-refractivity contribution is -0.114. The van der Waals surface area contributed by atoms with Gasteiger partial charge < -0.3 is 19.5 Å². The summed E-state index contributed by atoms with van der Waals surface area (Å²) in [5.41, 5.74) is 1.67. The molecule has 8 nitrogen and oxygen atoms in total. The second kappa shape index (κ2) is 10.3. The Morgan fingerprint density at radius 2 is 1.45 bits per heavy atom. The van der Waals surface area contributed by atoms with Gasteiger partial charge in [-0.25, -0.2) is 8.42 Å². The van der Waals surface area contributed by atoms with Gasteiger partial charge in [-0.15, -0.1) is 0 Å². The van der Waals surface area contributed by atoms with Crippen LogP contribution in [0.15, 0.2) is 71.6 Å². The molecule has 0 unspecified atom stereocenters. The number of rotatable bonds is 9. The molecule has 0 radical (unpaired) electrons. The molecule has 0 atom stereocenters. The largest absolute Gasteiger partial charge is 0.493 e. The molecule has 3 aromatic rings. The van der Waals surface area contributed by atoms with E-state index in [0.717, 1.165) is 9.87 Å². The van der Waals surface area contributed by atoms with Crippen molar-refractivity contribution >= 4 is 27.3 Å². The second-order valence-electron chi connectivity index (χ2n) is 7.12. The lowest BCUT2D eigenvalue weighted by Gasteiger charge is -2.24. The van der Waals surface area contributed by atoms with Gasteiger partial charge in [0.1, 0.15) is 6.54 Å². The van der Waals surface area contributed by atoms with Crippen molar-refractivity contribution in [1.82, 2.24) is 0 Å². The Bertz CT molecular complexity index is 1190. The first kappa shape index (κ1) is 23.9. The zero-order valence-corrected chi connectivity index (χ0v) is 19.7. The number of carbonyl (C=O) groups is 1. The molecule has 174 valence electrons. The zero-order chi connectivity index (χ0) is 24.0. The van der Waals surface area contributed by atoms with Crippen LogP contribution in [0.25, 0.3) is 0 Å². The Morgan fingerprint density at radius 3 is 1.97 bits per heavy atom. The predicted octanol–water partition coefficient (Wildman–Crippen LogP) is 3.85. The van der Waals surface area contributed by atoms with Crippen LogP contribution < -0.4 is 23.8 Å². The first-order valence-electron chi connectivity index (χ1n) is 10.0. The lowest BCUT2D eigenvalue weighted by Crippen LogP contribution is -2.38. The highest BCUT2D eigenvalue weighted by Crippen LogP contribution is 2.40. The Hall–Kier alpha value is -3.72. The van der Waals surface area contributed by atoms with Crippen molar-refractivity contribution in [2.75, 3.05) is 37.5 Å². The van der Waals surface area contributed by atoms with Crippen molar-refractivity contribution in [2.24, 2.45) is 0 Å². The van der Waals surface area contributed by atoms with E-state index in [-0.39, 0.29) is 4.90 Å². The minimum atomic E-state index is -3.99. The smallest absolute Gasteiger partial charge is 0.264 e. The van der Waals surface area contributed by atoms with Crippen molar-refractivity contribution in [3.05, 3.63) is 72.3 Å². The highest BCUT2D eigenvalue weighted by atomic mass is 32.2. The van der Waals surface area contributed by atoms with Crippen LogP contribution in [-0.2, 0) is 14.8 Å². The molecule has 33 heavy (non-hydrogen) atoms. The number of carbonyl (C=O) groups excluding carboxylic acids is 1. The number of anilines is 2. The van der Waals surface area contributed by atoms with E-state index in [1.807, 2.05) is 6.92 Å². The van der Waals surface area contributed by atoms with E-state index < -0.39 is 22.5 Å². The van der Waals surface area contributed by atoms with Crippen LogP contribution in [0.2, 0.25) is 0 Å². The van der Waals surface area contributed by atoms with Crippen molar-refractivity contribution in [2.45, 2.75) is 11.8 Å². The van der Waals surface area contributed by atoms with Crippen LogP contribution in [0.3, 0.4) is 0 Å². The molecular formula is C24H26N2O6S. The first-order valence-corrected chi connectivity index (χ1v) is 11.5. The predicted molar refractivity (Wildman–Crippen MR) is 127 cm³/mol. The van der Waals surface area contributed by atoms with Gasteiger partial charge in [-0.1, -0.05) is 35.9 Å². The Labute approximate surface area is 193 Å². The minimum Gasteiger partial charge on any atom is -0.493 e. The number of para-hydroxylation sites is 1. The van der Waals surface area contributed by atoms with Gasteiger partial charge in [0.15, 0.2) is 11.5 Å². The van der Waals surface area contributed by atoms with E-state index in [9.17, 15) is 13.2 Å². The Kier molecular flexibility index (Phi) is 7.44. The fourth-order valence-electron chi connectivity index (χ4n) is 3.23. The number of benzene rings is 3. The quantitative estimate of drug-likeness (QED) is 0.511. The van der Waals surface area contributed by atoms with Crippen LogP contribution in [0.5, 0.6) is 17.2 Å². The van der Waals surface area contributed by atoms with Crippen molar-refractivity contribution in [3.63, 3.8) is 0 Å². The van der Waals surface area contributed by atoms with E-state index in [2.05, 4.69) is 5.32 Å². The Morgan fingerprint density at radius 1 is 0.879 bits per heavy atom. The molecular weight excluding hydrogens is 444 g/mol. The number of ether oxygens (including phenoxy) is 3. The van der Waals surface area contributed by atoms with Crippen LogP contribution in [0.1, 0.15) is 5.56 Å². The summed E-state index contributed by atoms with van der Waals surface area (Å²) in [5, 5.41) is 2.71. The van der Waals surface area contributed by atoms with Gasteiger partial charge in [-0.2, -0.15) is 0 Å². The maximum absolute atomic E-state index is 13.4. The van der Waals surface area contributed by atoms with Crippen LogP contribution in [0, 0.1) is 6.92 Å². The summed E-state index contributed by atoms with van der Waals surface area (Å²) in [5.74, 6) is 0.563. The molecule has 1 amide bonds. The van der Waals surface area contributed by atoms with Gasteiger partial charge in [0.25, 0.3) is 10.0 Å². The normalized spacial score (nSPS) is 10.9. The summed E-state index contributed by atoms with van der Waals surface area (Å²) in [4.78, 5) is 13.0. The maximum Gasteiger partial charge on any atom is 0.264 e. The molecule has 9 heteroatoms. The van der Waals surface area contributed by atoms with Crippen molar-refractivity contribution < 1.29 is 27.4 Å². The fourth-order valence-corrected chi connectivity index (χ4v) is 4.65. The van der Waals surface area contributed by atoms with Crippen molar-refractivity contribution in [3.8, 4) is 17.2 Å². The molecule has 3 rings (SSSR count). The van der Waals surface area contributed by atoms with E-state index >= 15 is 0 Å². The molecule has 0 saturated heterocycles. The Balaban J connectivity index is 1.93. The number of amides is 1. The van der Waals surface area contributed by atoms with Crippen LogP contribution >= 0.6 is 0 Å². The van der Waals surface area contributed by atoms with E-state index in [0.29, 0.717) is 28.6 Å². The molecule has 0 aliphatic rings. The van der Waals surface area contributed by atoms with E-state index in [1.165, 1.54) is 33.5 Å². The number of aryl methyl sites for hydroxylation is 1. The van der Waals surface area contributed by atoms with Gasteiger partial charge in [0.05, 0.1) is 31.9 Å². The molecule has 0 saturated carbocycles. The SMILES string of the molecule is COc1cc(NC(=O)CN(c2ccccc2)S(=O)(=O)c2ccc(C)cc2)cc(OC)c1OC. The van der Waals surface area contributed by atoms with E-state index in [4.69, 9.17) is 14.2 Å². The number of nitrogens with one attached hydrogen (secondary N) is 1. The van der Waals surface area contributed by atoms with Gasteiger partial charge in [0, 0.05) is 17.8 Å². The number of methoxy groups -OCH3 is 3. The standard InChI is InChI=1S/C24H26N2O6S/c1-17-10-12-20(13-11-17)33(28,29)26(19-8-6-5-7-9-19)16-23(27)25-18-14-21(30-2)24(32-4)22(15-18)31-3/h5-15H,16H2,1-4H3,(H,25,27). The molecule has 0 spiro atoms. The molecule has 0 bridgehead atoms. The number of sulfonamides is 1. The molecule has 0 aliphatic heterocycles. The third kappa shape index (κ3) is 5.38. The summed E-state index contributed by atoms with van der Waals surface area (Å²) in [7, 11) is 0.420. The summed E-state index contributed by atoms with van der Waals surface area (Å²) in [6.45, 7) is 1.44. The fraction of sp³-hybridized carbons (Fsp3) is 0.208. The molecule has 1 N–H and O–H groups in total. The molecule has 0 fully saturated rings. The topological polar surface area (TPSA) is 94.2 Å². The number of hydrogen-bond acceptors (Lipinski definition) is 6. The molecule has 0 aromatic heterocycles. The average Bonchev–Trinajstić information content (AvgIpc) is 2.82. The van der Waals surface area contributed by atoms with E-state index in [1.54, 1.807) is 54.6 Å². The van der Waals surface area contributed by atoms with Gasteiger partial charge in [0.2, 0.25) is 11.7 Å². The highest BCUT2D eigenvalue weighted by Gasteiger charge is 2.27. The van der Waals surface area contributed by atoms with Gasteiger partial charge in [-0.05, 0) is 31.2 Å². The molecule has 0 heterocycles. The highest BCUT2D eigenvalue weighted by molar-refractivity contribution is 7.92. The lowest BCUT2D eigenvalue weighted by atomic mass is 10.2. The molecule has 0 aliphatic carbocycles. The molecule has 3 aromatic carbocycles. The average molecular weight is 471 g/mol. The first-order chi connectivity index (χ1) is 15.8. The van der Waals surface area contributed by atoms with Crippen molar-refractivity contribution in [1.29, 1.82) is 0 Å². The number of hydrogen-bond donors (Lipinski definition) is 1. The van der Waals surface area contributed by atoms with Crippen LogP contribution in [0.4, 0.5) is 11.4 Å². The monoisotopic (exact) mass is 470 g/mol. The third-order valence-corrected chi connectivity index (χ3v) is 6.68. The summed E-state index contributed by atoms with van der Waals surface area (Å²) in [6, 6.07) is 18.1. The zero-order valence-electron chi connectivity index (χ0n) is 18.9. The minimum absolute atomic E-state index is 0.0949. The summed E-state index contributed by atoms with van der Waals surface area (Å²) in [6.07, 6.45) is 0. The summed E-state index contributed by atoms with van der Waals surface area (Å²) >= 11 is 0. The van der Waals surface area contributed by atoms with Crippen LogP contribution in [-0.4, -0.2) is 42.2 Å². The number of nitrogens with zero attached hydrogens (tertiary/aromatic N) is 1. The summed E-state index contributed by atoms with van der Waals surface area (Å²) < 4.78 is 43.8.